The lowest BCUT2D eigenvalue weighted by Crippen LogP contribution is -2.50. The summed E-state index contributed by atoms with van der Waals surface area (Å²) in [5.41, 5.74) is 6.88. The number of rotatable bonds is 2. The first kappa shape index (κ1) is 13.1. The van der Waals surface area contributed by atoms with Gasteiger partial charge in [-0.1, -0.05) is 0 Å². The van der Waals surface area contributed by atoms with Gasteiger partial charge in [-0.15, -0.1) is 0 Å². The molecule has 0 aliphatic carbocycles. The Balaban J connectivity index is 1.88. The Hall–Kier alpha value is -0.950. The Morgan fingerprint density at radius 1 is 1.42 bits per heavy atom. The zero-order chi connectivity index (χ0) is 13.6. The minimum atomic E-state index is -0.586. The highest BCUT2D eigenvalue weighted by atomic mass is 16.8. The van der Waals surface area contributed by atoms with Crippen LogP contribution in [0.4, 0.5) is 0 Å². The second-order valence-corrected chi connectivity index (χ2v) is 5.73. The van der Waals surface area contributed by atoms with Crippen LogP contribution in [0.15, 0.2) is 12.4 Å². The molecule has 0 unspecified atom stereocenters. The lowest BCUT2D eigenvalue weighted by atomic mass is 9.88. The minimum absolute atomic E-state index is 0.0264. The highest BCUT2D eigenvalue weighted by Crippen LogP contribution is 2.41. The van der Waals surface area contributed by atoms with E-state index in [9.17, 15) is 0 Å². The van der Waals surface area contributed by atoms with Gasteiger partial charge in [-0.3, -0.25) is 4.68 Å². The number of nitrogens with zero attached hydrogens (tertiary/aromatic N) is 2. The third-order valence-corrected chi connectivity index (χ3v) is 3.80. The molecule has 3 rings (SSSR count). The summed E-state index contributed by atoms with van der Waals surface area (Å²) in [7, 11) is 1.91. The smallest absolute Gasteiger partial charge is 0.163 e. The number of fused-ring (bicyclic) bond motifs is 1. The van der Waals surface area contributed by atoms with Crippen molar-refractivity contribution in [3.63, 3.8) is 0 Å². The first-order valence-electron chi connectivity index (χ1n) is 6.66. The van der Waals surface area contributed by atoms with E-state index < -0.39 is 5.79 Å². The van der Waals surface area contributed by atoms with Gasteiger partial charge in [-0.25, -0.2) is 0 Å². The van der Waals surface area contributed by atoms with Crippen molar-refractivity contribution in [1.29, 1.82) is 0 Å². The summed E-state index contributed by atoms with van der Waals surface area (Å²) >= 11 is 0. The maximum absolute atomic E-state index is 6.07. The van der Waals surface area contributed by atoms with Crippen LogP contribution >= 0.6 is 0 Å². The third kappa shape index (κ3) is 2.29. The molecule has 0 amide bonds. The molecule has 106 valence electrons. The van der Waals surface area contributed by atoms with E-state index in [0.717, 1.165) is 5.56 Å². The summed E-state index contributed by atoms with van der Waals surface area (Å²) in [6, 6.07) is 0. The zero-order valence-corrected chi connectivity index (χ0v) is 11.6. The molecule has 4 atom stereocenters. The van der Waals surface area contributed by atoms with Crippen molar-refractivity contribution in [2.75, 3.05) is 13.2 Å². The first-order chi connectivity index (χ1) is 9.00. The number of nitrogens with two attached hydrogens (primary N) is 1. The molecule has 2 saturated heterocycles. The number of hydrogen-bond donors (Lipinski definition) is 1. The Morgan fingerprint density at radius 3 is 2.79 bits per heavy atom. The van der Waals surface area contributed by atoms with E-state index in [1.807, 2.05) is 33.3 Å². The lowest BCUT2D eigenvalue weighted by molar-refractivity contribution is -0.152. The molecule has 3 heterocycles. The lowest BCUT2D eigenvalue weighted by Gasteiger charge is -2.36. The highest BCUT2D eigenvalue weighted by molar-refractivity contribution is 5.17. The van der Waals surface area contributed by atoms with Crippen molar-refractivity contribution in [2.24, 2.45) is 12.8 Å². The summed E-state index contributed by atoms with van der Waals surface area (Å²) in [5, 5.41) is 4.22. The molecule has 0 bridgehead atoms. The summed E-state index contributed by atoms with van der Waals surface area (Å²) in [5.74, 6) is -0.444. The number of hydrogen-bond acceptors (Lipinski definition) is 5. The monoisotopic (exact) mass is 267 g/mol. The molecule has 2 fully saturated rings. The van der Waals surface area contributed by atoms with Crippen LogP contribution in [0.2, 0.25) is 0 Å². The minimum Gasteiger partial charge on any atom is -0.373 e. The van der Waals surface area contributed by atoms with Gasteiger partial charge in [0.05, 0.1) is 25.0 Å². The average Bonchev–Trinajstić information content (AvgIpc) is 2.90. The van der Waals surface area contributed by atoms with Gasteiger partial charge in [0.25, 0.3) is 0 Å². The van der Waals surface area contributed by atoms with Gasteiger partial charge in [0.1, 0.15) is 6.10 Å². The van der Waals surface area contributed by atoms with Crippen molar-refractivity contribution >= 4 is 0 Å². The molecule has 0 radical (unpaired) electrons. The van der Waals surface area contributed by atoms with E-state index in [1.165, 1.54) is 0 Å². The average molecular weight is 267 g/mol. The van der Waals surface area contributed by atoms with E-state index in [4.69, 9.17) is 19.9 Å². The van der Waals surface area contributed by atoms with Crippen LogP contribution < -0.4 is 5.73 Å². The maximum Gasteiger partial charge on any atom is 0.163 e. The topological polar surface area (TPSA) is 71.5 Å². The highest BCUT2D eigenvalue weighted by Gasteiger charge is 2.51. The van der Waals surface area contributed by atoms with Crippen LogP contribution in [0.25, 0.3) is 0 Å². The quantitative estimate of drug-likeness (QED) is 0.839. The summed E-state index contributed by atoms with van der Waals surface area (Å²) in [4.78, 5) is 0. The van der Waals surface area contributed by atoms with Crippen LogP contribution in [0.3, 0.4) is 0 Å². The fourth-order valence-electron chi connectivity index (χ4n) is 2.95. The molecule has 19 heavy (non-hydrogen) atoms. The maximum atomic E-state index is 6.07. The van der Waals surface area contributed by atoms with Gasteiger partial charge in [0, 0.05) is 25.7 Å². The summed E-state index contributed by atoms with van der Waals surface area (Å²) in [6.45, 7) is 4.90. The fourth-order valence-corrected chi connectivity index (χ4v) is 2.95. The number of aromatic nitrogens is 2. The summed E-state index contributed by atoms with van der Waals surface area (Å²) < 4.78 is 19.7. The Bertz CT molecular complexity index is 460. The molecular formula is C13H21N3O3. The van der Waals surface area contributed by atoms with Gasteiger partial charge < -0.3 is 19.9 Å². The van der Waals surface area contributed by atoms with Crippen LogP contribution in [0.5, 0.6) is 0 Å². The zero-order valence-electron chi connectivity index (χ0n) is 11.6. The predicted octanol–water partition coefficient (Wildman–Crippen LogP) is 0.381. The first-order valence-corrected chi connectivity index (χ1v) is 6.66. The summed E-state index contributed by atoms with van der Waals surface area (Å²) in [6.07, 6.45) is 3.63. The largest absolute Gasteiger partial charge is 0.373 e. The molecular weight excluding hydrogens is 246 g/mol. The second-order valence-electron chi connectivity index (χ2n) is 5.73. The Kier molecular flexibility index (Phi) is 3.13. The van der Waals surface area contributed by atoms with Crippen molar-refractivity contribution in [2.45, 2.75) is 43.9 Å². The molecule has 2 aliphatic heterocycles. The van der Waals surface area contributed by atoms with Crippen LogP contribution in [0, 0.1) is 0 Å². The molecule has 0 spiro atoms. The van der Waals surface area contributed by atoms with E-state index in [2.05, 4.69) is 5.10 Å². The SMILES string of the molecule is Cn1cc([C@@H]2CO[C@H](CN)[C@@H]3OC(C)(C)O[C@@H]32)cn1. The van der Waals surface area contributed by atoms with Crippen molar-refractivity contribution in [3.05, 3.63) is 18.0 Å². The van der Waals surface area contributed by atoms with Gasteiger partial charge in [0.2, 0.25) is 0 Å². The van der Waals surface area contributed by atoms with Gasteiger partial charge in [-0.05, 0) is 19.4 Å². The van der Waals surface area contributed by atoms with Gasteiger partial charge in [-0.2, -0.15) is 5.10 Å². The molecule has 1 aromatic rings. The standard InChI is InChI=1S/C13H21N3O3/c1-13(2)18-11-9(8-5-15-16(3)6-8)7-17-10(4-14)12(11)19-13/h5-6,9-12H,4,7,14H2,1-3H3/t9-,10+,11+,12-/m0/s1. The van der Waals surface area contributed by atoms with E-state index in [1.54, 1.807) is 4.68 Å². The normalized spacial score (nSPS) is 37.3. The second kappa shape index (κ2) is 4.56. The van der Waals surface area contributed by atoms with Crippen LogP contribution in [-0.4, -0.2) is 47.0 Å². The van der Waals surface area contributed by atoms with E-state index in [-0.39, 0.29) is 24.2 Å². The van der Waals surface area contributed by atoms with E-state index in [0.29, 0.717) is 13.2 Å². The fraction of sp³-hybridized carbons (Fsp3) is 0.769. The Morgan fingerprint density at radius 2 is 2.16 bits per heavy atom. The molecule has 0 aromatic carbocycles. The van der Waals surface area contributed by atoms with E-state index >= 15 is 0 Å². The van der Waals surface area contributed by atoms with Gasteiger partial charge in [0.15, 0.2) is 5.79 Å². The molecule has 6 nitrogen and oxygen atoms in total. The molecule has 2 aliphatic rings. The van der Waals surface area contributed by atoms with Crippen molar-refractivity contribution < 1.29 is 14.2 Å². The molecule has 6 heteroatoms. The van der Waals surface area contributed by atoms with Crippen molar-refractivity contribution in [3.8, 4) is 0 Å². The number of aryl methyl sites for hydroxylation is 1. The molecule has 0 saturated carbocycles. The molecule has 2 N–H and O–H groups in total. The van der Waals surface area contributed by atoms with Crippen LogP contribution in [0.1, 0.15) is 25.3 Å². The number of ether oxygens (including phenoxy) is 3. The predicted molar refractivity (Wildman–Crippen MR) is 68.6 cm³/mol. The van der Waals surface area contributed by atoms with Crippen LogP contribution in [-0.2, 0) is 21.3 Å². The van der Waals surface area contributed by atoms with Crippen molar-refractivity contribution in [1.82, 2.24) is 9.78 Å². The van der Waals surface area contributed by atoms with Gasteiger partial charge >= 0.3 is 0 Å². The molecule has 1 aromatic heterocycles. The third-order valence-electron chi connectivity index (χ3n) is 3.80. The Labute approximate surface area is 112 Å².